The van der Waals surface area contributed by atoms with Crippen molar-refractivity contribution in [3.63, 3.8) is 0 Å². The van der Waals surface area contributed by atoms with Crippen molar-refractivity contribution in [2.24, 2.45) is 5.41 Å². The minimum atomic E-state index is -1.22. The van der Waals surface area contributed by atoms with Gasteiger partial charge >= 0.3 is 6.16 Å². The van der Waals surface area contributed by atoms with Crippen LogP contribution in [0.5, 0.6) is 5.75 Å². The Morgan fingerprint density at radius 1 is 0.870 bits per heavy atom. The topological polar surface area (TPSA) is 203 Å². The van der Waals surface area contributed by atoms with Gasteiger partial charge in [0.1, 0.15) is 17.8 Å². The Hall–Kier alpha value is -5.60. The number of carbonyl (C=O) groups excluding carboxylic acids is 6. The number of rotatable bonds is 15. The van der Waals surface area contributed by atoms with E-state index < -0.39 is 28.3 Å². The second-order valence-corrected chi connectivity index (χ2v) is 10.7. The summed E-state index contributed by atoms with van der Waals surface area (Å²) in [6.07, 6.45) is 4.85. The number of nitro groups is 1. The van der Waals surface area contributed by atoms with Crippen LogP contribution in [0.1, 0.15) is 44.1 Å². The molecule has 1 heterocycles. The average Bonchev–Trinajstić information content (AvgIpc) is 3.33. The van der Waals surface area contributed by atoms with E-state index in [9.17, 15) is 38.9 Å². The molecular formula is C31H33N5O10. The summed E-state index contributed by atoms with van der Waals surface area (Å²) in [5, 5.41) is 18.7. The third-order valence-corrected chi connectivity index (χ3v) is 7.57. The fraction of sp³-hybridized carbons (Fsp3) is 0.355. The number of unbranched alkanes of at least 4 members (excludes halogenated alkanes) is 2. The molecule has 0 spiro atoms. The number of imide groups is 1. The van der Waals surface area contributed by atoms with Crippen molar-refractivity contribution in [3.05, 3.63) is 76.4 Å². The van der Waals surface area contributed by atoms with Crippen LogP contribution in [0, 0.1) is 15.5 Å². The second kappa shape index (κ2) is 15.4. The van der Waals surface area contributed by atoms with Gasteiger partial charge in [0, 0.05) is 43.1 Å². The van der Waals surface area contributed by atoms with Gasteiger partial charge < -0.3 is 25.4 Å². The Morgan fingerprint density at radius 2 is 1.52 bits per heavy atom. The number of hydrogen-bond acceptors (Lipinski definition) is 10. The fourth-order valence-electron chi connectivity index (χ4n) is 4.80. The lowest BCUT2D eigenvalue weighted by molar-refractivity contribution is -0.384. The molecule has 4 rings (SSSR count). The number of nitro benzene ring substituents is 1. The number of nitrogens with zero attached hydrogens (tertiary/aromatic N) is 2. The van der Waals surface area contributed by atoms with E-state index in [0.29, 0.717) is 62.9 Å². The van der Waals surface area contributed by atoms with Crippen molar-refractivity contribution in [1.29, 1.82) is 0 Å². The molecule has 1 aliphatic carbocycles. The van der Waals surface area contributed by atoms with E-state index in [0.717, 1.165) is 0 Å². The summed E-state index contributed by atoms with van der Waals surface area (Å²) < 4.78 is 10.0. The number of hydrogen-bond donors (Lipinski definition) is 3. The Bertz CT molecular complexity index is 1500. The zero-order chi connectivity index (χ0) is 33.1. The molecule has 0 saturated heterocycles. The Labute approximate surface area is 263 Å². The van der Waals surface area contributed by atoms with Crippen molar-refractivity contribution in [1.82, 2.24) is 15.5 Å². The van der Waals surface area contributed by atoms with Crippen LogP contribution in [-0.2, 0) is 35.3 Å². The largest absolute Gasteiger partial charge is 0.514 e. The van der Waals surface area contributed by atoms with Gasteiger partial charge in [-0.1, -0.05) is 18.6 Å². The number of benzene rings is 2. The maximum absolute atomic E-state index is 12.9. The van der Waals surface area contributed by atoms with Crippen molar-refractivity contribution < 1.29 is 43.2 Å². The summed E-state index contributed by atoms with van der Waals surface area (Å²) in [5.74, 6) is -1.96. The molecule has 15 heteroatoms. The number of non-ortho nitro benzene ring substituents is 1. The highest BCUT2D eigenvalue weighted by Gasteiger charge is 2.50. The van der Waals surface area contributed by atoms with Crippen LogP contribution in [0.4, 0.5) is 16.2 Å². The van der Waals surface area contributed by atoms with Crippen molar-refractivity contribution >= 4 is 47.1 Å². The lowest BCUT2D eigenvalue weighted by atomic mass is 9.67. The van der Waals surface area contributed by atoms with Crippen LogP contribution in [0.25, 0.3) is 0 Å². The standard InChI is InChI=1S/C31H33N5O10/c37-25(34-22-7-5-21(6-8-22)20-45-30(42)46-24-11-9-23(10-12-24)36(43)44)19-33-29(41)31(15-4-16-31)28(40)32-17-2-1-3-18-35-26(38)13-14-27(35)39/h5-14H,1-4,15-20H2,(H,32,40)(H,33,41)(H,34,37). The van der Waals surface area contributed by atoms with Gasteiger partial charge in [-0.25, -0.2) is 4.79 Å². The smallest absolute Gasteiger partial charge is 0.429 e. The number of carbonyl (C=O) groups is 6. The number of anilines is 1. The number of nitrogens with one attached hydrogen (secondary N) is 3. The second-order valence-electron chi connectivity index (χ2n) is 10.7. The van der Waals surface area contributed by atoms with E-state index in [1.807, 2.05) is 0 Å². The van der Waals surface area contributed by atoms with E-state index in [1.54, 1.807) is 24.3 Å². The average molecular weight is 636 g/mol. The highest BCUT2D eigenvalue weighted by molar-refractivity contribution is 6.12. The Kier molecular flexibility index (Phi) is 11.2. The summed E-state index contributed by atoms with van der Waals surface area (Å²) in [4.78, 5) is 84.6. The molecule has 2 aliphatic rings. The molecule has 0 radical (unpaired) electrons. The third-order valence-electron chi connectivity index (χ3n) is 7.57. The van der Waals surface area contributed by atoms with Gasteiger partial charge in [-0.15, -0.1) is 0 Å². The molecule has 242 valence electrons. The van der Waals surface area contributed by atoms with E-state index >= 15 is 0 Å². The van der Waals surface area contributed by atoms with E-state index in [4.69, 9.17) is 9.47 Å². The normalized spacial score (nSPS) is 14.7. The molecule has 1 aliphatic heterocycles. The van der Waals surface area contributed by atoms with E-state index in [-0.39, 0.29) is 42.3 Å². The first kappa shape index (κ1) is 33.3. The molecule has 0 unspecified atom stereocenters. The molecule has 3 N–H and O–H groups in total. The number of amides is 5. The number of ether oxygens (including phenoxy) is 2. The van der Waals surface area contributed by atoms with Crippen LogP contribution < -0.4 is 20.7 Å². The van der Waals surface area contributed by atoms with Crippen molar-refractivity contribution in [3.8, 4) is 5.75 Å². The van der Waals surface area contributed by atoms with Crippen LogP contribution in [-0.4, -0.2) is 65.1 Å². The Balaban J connectivity index is 1.12. The van der Waals surface area contributed by atoms with Crippen LogP contribution in [0.2, 0.25) is 0 Å². The lowest BCUT2D eigenvalue weighted by Crippen LogP contribution is -2.56. The quantitative estimate of drug-likeness (QED) is 0.0496. The van der Waals surface area contributed by atoms with Gasteiger partial charge in [0.15, 0.2) is 0 Å². The maximum atomic E-state index is 12.9. The highest BCUT2D eigenvalue weighted by Crippen LogP contribution is 2.41. The summed E-state index contributed by atoms with van der Waals surface area (Å²) in [6.45, 7) is 0.195. The monoisotopic (exact) mass is 635 g/mol. The van der Waals surface area contributed by atoms with Gasteiger partial charge in [0.2, 0.25) is 17.7 Å². The first-order valence-electron chi connectivity index (χ1n) is 14.7. The molecular weight excluding hydrogens is 602 g/mol. The molecule has 1 saturated carbocycles. The first-order chi connectivity index (χ1) is 22.1. The zero-order valence-corrected chi connectivity index (χ0v) is 24.8. The predicted octanol–water partition coefficient (Wildman–Crippen LogP) is 2.75. The molecule has 2 aromatic rings. The van der Waals surface area contributed by atoms with Gasteiger partial charge in [-0.2, -0.15) is 0 Å². The lowest BCUT2D eigenvalue weighted by Gasteiger charge is -2.38. The third kappa shape index (κ3) is 8.74. The fourth-order valence-corrected chi connectivity index (χ4v) is 4.80. The van der Waals surface area contributed by atoms with Gasteiger partial charge in [-0.3, -0.25) is 39.0 Å². The zero-order valence-electron chi connectivity index (χ0n) is 24.8. The van der Waals surface area contributed by atoms with E-state index in [2.05, 4.69) is 16.0 Å². The molecule has 15 nitrogen and oxygen atoms in total. The van der Waals surface area contributed by atoms with Crippen LogP contribution >= 0.6 is 0 Å². The minimum absolute atomic E-state index is 0.0856. The SMILES string of the molecule is O=C(CNC(=O)C1(C(=O)NCCCCCN2C(=O)C=CC2=O)CCC1)Nc1ccc(COC(=O)Oc2ccc([N+](=O)[O-])cc2)cc1. The van der Waals surface area contributed by atoms with Gasteiger partial charge in [0.25, 0.3) is 17.5 Å². The van der Waals surface area contributed by atoms with Crippen LogP contribution in [0.3, 0.4) is 0 Å². The molecule has 1 fully saturated rings. The molecule has 0 aromatic heterocycles. The minimum Gasteiger partial charge on any atom is -0.429 e. The van der Waals surface area contributed by atoms with Crippen molar-refractivity contribution in [2.75, 3.05) is 25.0 Å². The van der Waals surface area contributed by atoms with E-state index in [1.165, 1.54) is 41.3 Å². The molecule has 0 atom stereocenters. The highest BCUT2D eigenvalue weighted by atomic mass is 16.7. The molecule has 2 aromatic carbocycles. The summed E-state index contributed by atoms with van der Waals surface area (Å²) >= 11 is 0. The summed E-state index contributed by atoms with van der Waals surface area (Å²) in [7, 11) is 0. The van der Waals surface area contributed by atoms with Gasteiger partial charge in [0.05, 0.1) is 11.5 Å². The molecule has 46 heavy (non-hydrogen) atoms. The summed E-state index contributed by atoms with van der Waals surface area (Å²) in [6, 6.07) is 11.3. The predicted molar refractivity (Wildman–Crippen MR) is 161 cm³/mol. The van der Waals surface area contributed by atoms with Crippen molar-refractivity contribution in [2.45, 2.75) is 45.1 Å². The Morgan fingerprint density at radius 3 is 2.13 bits per heavy atom. The molecule has 5 amide bonds. The van der Waals surface area contributed by atoms with Gasteiger partial charge in [-0.05, 0) is 61.9 Å². The first-order valence-corrected chi connectivity index (χ1v) is 14.7. The summed E-state index contributed by atoms with van der Waals surface area (Å²) in [5.41, 5.74) is -0.337. The molecule has 0 bridgehead atoms. The maximum Gasteiger partial charge on any atom is 0.514 e. The van der Waals surface area contributed by atoms with Crippen LogP contribution in [0.15, 0.2) is 60.7 Å².